The van der Waals surface area contributed by atoms with Crippen molar-refractivity contribution in [1.82, 2.24) is 5.32 Å². The molecule has 0 amide bonds. The van der Waals surface area contributed by atoms with Crippen LogP contribution < -0.4 is 5.32 Å². The fourth-order valence-corrected chi connectivity index (χ4v) is 3.08. The van der Waals surface area contributed by atoms with Crippen molar-refractivity contribution >= 4 is 17.3 Å². The summed E-state index contributed by atoms with van der Waals surface area (Å²) in [7, 11) is 0. The van der Waals surface area contributed by atoms with E-state index in [0.29, 0.717) is 0 Å². The number of hydrogen-bond acceptors (Lipinski definition) is 4. The molecule has 0 saturated carbocycles. The van der Waals surface area contributed by atoms with Gasteiger partial charge in [-0.2, -0.15) is 0 Å². The van der Waals surface area contributed by atoms with E-state index in [-0.39, 0.29) is 12.6 Å². The van der Waals surface area contributed by atoms with Crippen LogP contribution in [0.3, 0.4) is 0 Å². The van der Waals surface area contributed by atoms with Gasteiger partial charge < -0.3 is 15.5 Å². The largest absolute Gasteiger partial charge is 0.479 e. The molecule has 0 saturated heterocycles. The minimum atomic E-state index is -1.70. The first-order valence-electron chi connectivity index (χ1n) is 5.76. The summed E-state index contributed by atoms with van der Waals surface area (Å²) < 4.78 is 0. The smallest absolute Gasteiger partial charge is 0.336 e. The minimum Gasteiger partial charge on any atom is -0.479 e. The molecule has 1 aliphatic rings. The van der Waals surface area contributed by atoms with Crippen molar-refractivity contribution in [1.29, 1.82) is 0 Å². The van der Waals surface area contributed by atoms with E-state index >= 15 is 0 Å². The number of aliphatic carboxylic acids is 1. The number of aryl methyl sites for hydroxylation is 1. The van der Waals surface area contributed by atoms with E-state index in [2.05, 4.69) is 16.8 Å². The Labute approximate surface area is 104 Å². The van der Waals surface area contributed by atoms with Crippen LogP contribution in [0.4, 0.5) is 0 Å². The van der Waals surface area contributed by atoms with Gasteiger partial charge in [0.25, 0.3) is 0 Å². The quantitative estimate of drug-likeness (QED) is 0.763. The van der Waals surface area contributed by atoms with E-state index in [4.69, 9.17) is 5.11 Å². The Morgan fingerprint density at radius 1 is 1.71 bits per heavy atom. The first-order chi connectivity index (χ1) is 8.00. The third-order valence-electron chi connectivity index (χ3n) is 3.21. The Morgan fingerprint density at radius 2 is 2.47 bits per heavy atom. The van der Waals surface area contributed by atoms with Gasteiger partial charge in [0.15, 0.2) is 5.60 Å². The highest BCUT2D eigenvalue weighted by Crippen LogP contribution is 2.33. The highest BCUT2D eigenvalue weighted by molar-refractivity contribution is 7.10. The first kappa shape index (κ1) is 12.5. The molecular weight excluding hydrogens is 238 g/mol. The lowest BCUT2D eigenvalue weighted by atomic mass is 9.93. The number of aliphatic hydroxyl groups is 1. The highest BCUT2D eigenvalue weighted by atomic mass is 32.1. The minimum absolute atomic E-state index is 0.0717. The van der Waals surface area contributed by atoms with Gasteiger partial charge in [-0.15, -0.1) is 11.3 Å². The normalized spacial score (nSPS) is 22.8. The lowest BCUT2D eigenvalue weighted by Gasteiger charge is -2.27. The number of hydrogen-bond donors (Lipinski definition) is 3. The lowest BCUT2D eigenvalue weighted by Crippen LogP contribution is -2.46. The number of carboxylic acids is 1. The fraction of sp³-hybridized carbons (Fsp3) is 0.583. The highest BCUT2D eigenvalue weighted by Gasteiger charge is 2.31. The van der Waals surface area contributed by atoms with Crippen molar-refractivity contribution in [3.8, 4) is 0 Å². The van der Waals surface area contributed by atoms with Crippen molar-refractivity contribution in [2.75, 3.05) is 6.54 Å². The molecule has 3 N–H and O–H groups in total. The van der Waals surface area contributed by atoms with Crippen molar-refractivity contribution < 1.29 is 15.0 Å². The molecule has 0 aliphatic heterocycles. The Bertz CT molecular complexity index is 414. The summed E-state index contributed by atoms with van der Waals surface area (Å²) in [5, 5.41) is 23.7. The van der Waals surface area contributed by atoms with Crippen LogP contribution in [0.15, 0.2) is 11.4 Å². The van der Waals surface area contributed by atoms with Gasteiger partial charge in [-0.3, -0.25) is 0 Å². The molecule has 2 atom stereocenters. The van der Waals surface area contributed by atoms with E-state index < -0.39 is 11.6 Å². The van der Waals surface area contributed by atoms with E-state index in [1.165, 1.54) is 17.4 Å². The zero-order valence-electron chi connectivity index (χ0n) is 9.77. The van der Waals surface area contributed by atoms with E-state index in [1.54, 1.807) is 11.3 Å². The van der Waals surface area contributed by atoms with Gasteiger partial charge in [-0.05, 0) is 43.2 Å². The molecule has 0 aromatic carbocycles. The molecule has 1 heterocycles. The van der Waals surface area contributed by atoms with Gasteiger partial charge in [-0.1, -0.05) is 0 Å². The van der Waals surface area contributed by atoms with E-state index in [9.17, 15) is 9.90 Å². The molecule has 1 aromatic rings. The molecular formula is C12H17NO3S. The summed E-state index contributed by atoms with van der Waals surface area (Å²) in [6, 6.07) is 2.27. The number of fused-ring (bicyclic) bond motifs is 1. The van der Waals surface area contributed by atoms with Gasteiger partial charge >= 0.3 is 5.97 Å². The zero-order chi connectivity index (χ0) is 12.5. The zero-order valence-corrected chi connectivity index (χ0v) is 10.6. The van der Waals surface area contributed by atoms with Crippen LogP contribution in [-0.4, -0.2) is 28.3 Å². The molecule has 0 spiro atoms. The SMILES string of the molecule is CC(O)(CNC1CCCc2sccc21)C(=O)O. The molecule has 2 unspecified atom stereocenters. The number of carbonyl (C=O) groups is 1. The number of thiophene rings is 1. The first-order valence-corrected chi connectivity index (χ1v) is 6.64. The maximum absolute atomic E-state index is 10.8. The Morgan fingerprint density at radius 3 is 3.18 bits per heavy atom. The summed E-state index contributed by atoms with van der Waals surface area (Å²) >= 11 is 1.75. The monoisotopic (exact) mass is 255 g/mol. The predicted molar refractivity (Wildman–Crippen MR) is 66.3 cm³/mol. The third kappa shape index (κ3) is 2.68. The maximum atomic E-state index is 10.8. The van der Waals surface area contributed by atoms with Crippen LogP contribution in [-0.2, 0) is 11.2 Å². The van der Waals surface area contributed by atoms with Crippen LogP contribution >= 0.6 is 11.3 Å². The number of carboxylic acid groups (broad SMARTS) is 1. The lowest BCUT2D eigenvalue weighted by molar-refractivity contribution is -0.156. The van der Waals surface area contributed by atoms with Gasteiger partial charge in [0.1, 0.15) is 0 Å². The van der Waals surface area contributed by atoms with Gasteiger partial charge in [0, 0.05) is 17.5 Å². The second-order valence-corrected chi connectivity index (χ2v) is 5.70. The topological polar surface area (TPSA) is 69.6 Å². The van der Waals surface area contributed by atoms with Gasteiger partial charge in [0.05, 0.1) is 0 Å². The molecule has 1 aromatic heterocycles. The second-order valence-electron chi connectivity index (χ2n) is 4.70. The summed E-state index contributed by atoms with van der Waals surface area (Å²) in [5.74, 6) is -1.19. The van der Waals surface area contributed by atoms with Crippen molar-refractivity contribution in [3.63, 3.8) is 0 Å². The molecule has 0 bridgehead atoms. The fourth-order valence-electron chi connectivity index (χ4n) is 2.10. The van der Waals surface area contributed by atoms with E-state index in [1.807, 2.05) is 0 Å². The standard InChI is InChI=1S/C12H17NO3S/c1-12(16,11(14)15)7-13-9-3-2-4-10-8(9)5-6-17-10/h5-6,9,13,16H,2-4,7H2,1H3,(H,14,15). The van der Waals surface area contributed by atoms with Crippen LogP contribution in [0.5, 0.6) is 0 Å². The molecule has 1 aliphatic carbocycles. The molecule has 2 rings (SSSR count). The average Bonchev–Trinajstić information content (AvgIpc) is 2.74. The number of rotatable bonds is 4. The van der Waals surface area contributed by atoms with Crippen LogP contribution in [0.25, 0.3) is 0 Å². The Balaban J connectivity index is 2.00. The van der Waals surface area contributed by atoms with Crippen molar-refractivity contribution in [2.24, 2.45) is 0 Å². The maximum Gasteiger partial charge on any atom is 0.336 e. The third-order valence-corrected chi connectivity index (χ3v) is 4.20. The molecule has 4 nitrogen and oxygen atoms in total. The van der Waals surface area contributed by atoms with Crippen molar-refractivity contribution in [2.45, 2.75) is 37.8 Å². The van der Waals surface area contributed by atoms with Crippen LogP contribution in [0.2, 0.25) is 0 Å². The Hall–Kier alpha value is -0.910. The Kier molecular flexibility index (Phi) is 3.51. The molecule has 17 heavy (non-hydrogen) atoms. The molecule has 94 valence electrons. The van der Waals surface area contributed by atoms with Gasteiger partial charge in [-0.25, -0.2) is 4.79 Å². The second kappa shape index (κ2) is 4.76. The molecule has 0 fully saturated rings. The van der Waals surface area contributed by atoms with E-state index in [0.717, 1.165) is 19.3 Å². The molecule has 0 radical (unpaired) electrons. The van der Waals surface area contributed by atoms with Crippen molar-refractivity contribution in [3.05, 3.63) is 21.9 Å². The van der Waals surface area contributed by atoms with Crippen LogP contribution in [0.1, 0.15) is 36.2 Å². The predicted octanol–water partition coefficient (Wildman–Crippen LogP) is 1.55. The summed E-state index contributed by atoms with van der Waals surface area (Å²) in [6.07, 6.45) is 3.22. The average molecular weight is 255 g/mol. The van der Waals surface area contributed by atoms with Gasteiger partial charge in [0.2, 0.25) is 0 Å². The van der Waals surface area contributed by atoms with Crippen LogP contribution in [0, 0.1) is 0 Å². The summed E-state index contributed by atoms with van der Waals surface area (Å²) in [4.78, 5) is 12.2. The number of nitrogens with one attached hydrogen (secondary N) is 1. The summed E-state index contributed by atoms with van der Waals surface area (Å²) in [5.41, 5.74) is -0.435. The molecule has 5 heteroatoms. The summed E-state index contributed by atoms with van der Waals surface area (Å²) in [6.45, 7) is 1.39.